The lowest BCUT2D eigenvalue weighted by Gasteiger charge is -2.31. The third kappa shape index (κ3) is 3.15. The van der Waals surface area contributed by atoms with Crippen molar-refractivity contribution in [3.63, 3.8) is 0 Å². The van der Waals surface area contributed by atoms with Crippen LogP contribution in [0.3, 0.4) is 0 Å². The van der Waals surface area contributed by atoms with Crippen LogP contribution >= 0.6 is 22.9 Å². The average molecular weight is 372 g/mol. The van der Waals surface area contributed by atoms with Crippen LogP contribution in [0.5, 0.6) is 0 Å². The third-order valence-corrected chi connectivity index (χ3v) is 5.78. The number of thiazole rings is 1. The van der Waals surface area contributed by atoms with Gasteiger partial charge in [-0.3, -0.25) is 4.79 Å². The minimum atomic E-state index is -0.295. The van der Waals surface area contributed by atoms with Crippen molar-refractivity contribution in [2.24, 2.45) is 0 Å². The third-order valence-electron chi connectivity index (χ3n) is 4.52. The Morgan fingerprint density at radius 2 is 2.20 bits per heavy atom. The molecule has 128 valence electrons. The van der Waals surface area contributed by atoms with Gasteiger partial charge in [-0.05, 0) is 48.9 Å². The van der Waals surface area contributed by atoms with Gasteiger partial charge >= 0.3 is 0 Å². The Morgan fingerprint density at radius 3 is 3.04 bits per heavy atom. The Morgan fingerprint density at radius 1 is 1.36 bits per heavy atom. The minimum Gasteiger partial charge on any atom is -0.301 e. The predicted octanol–water partition coefficient (Wildman–Crippen LogP) is 4.43. The van der Waals surface area contributed by atoms with Crippen LogP contribution in [-0.2, 0) is 11.3 Å². The number of fused-ring (bicyclic) bond motifs is 2. The van der Waals surface area contributed by atoms with Crippen molar-refractivity contribution in [3.8, 4) is 0 Å². The zero-order valence-corrected chi connectivity index (χ0v) is 15.6. The van der Waals surface area contributed by atoms with Gasteiger partial charge in [0.2, 0.25) is 5.91 Å². The summed E-state index contributed by atoms with van der Waals surface area (Å²) in [7, 11) is 2.02. The molecule has 0 aliphatic carbocycles. The van der Waals surface area contributed by atoms with E-state index in [0.717, 1.165) is 27.9 Å². The van der Waals surface area contributed by atoms with E-state index in [1.807, 2.05) is 44.3 Å². The Balaban J connectivity index is 1.64. The number of hydrogen-bond donors (Lipinski definition) is 1. The summed E-state index contributed by atoms with van der Waals surface area (Å²) in [6.07, 6.45) is 0. The number of nitrogens with zero attached hydrogens (tertiary/aromatic N) is 2. The van der Waals surface area contributed by atoms with Crippen LogP contribution < -0.4 is 5.32 Å². The number of aromatic nitrogens is 1. The van der Waals surface area contributed by atoms with Crippen molar-refractivity contribution in [1.29, 1.82) is 0 Å². The highest BCUT2D eigenvalue weighted by atomic mass is 35.5. The highest BCUT2D eigenvalue weighted by Gasteiger charge is 2.31. The van der Waals surface area contributed by atoms with Crippen molar-refractivity contribution in [2.75, 3.05) is 18.9 Å². The molecule has 4 rings (SSSR count). The number of benzene rings is 2. The van der Waals surface area contributed by atoms with Crippen molar-refractivity contribution < 1.29 is 4.79 Å². The van der Waals surface area contributed by atoms with Gasteiger partial charge in [0.1, 0.15) is 0 Å². The summed E-state index contributed by atoms with van der Waals surface area (Å²) in [5, 5.41) is 4.28. The van der Waals surface area contributed by atoms with Crippen molar-refractivity contribution in [2.45, 2.75) is 19.4 Å². The second-order valence-electron chi connectivity index (χ2n) is 6.54. The standard InChI is InChI=1S/C19H18ClN3OS/c1-11-6-7-15-16(8-11)25-19(21-15)22-18(24)13-10-23(2)9-12-4-3-5-14(20)17(12)13/h3-8,13H,9-10H2,1-2H3,(H,21,22,24). The van der Waals surface area contributed by atoms with E-state index >= 15 is 0 Å². The van der Waals surface area contributed by atoms with E-state index in [1.165, 1.54) is 16.9 Å². The van der Waals surface area contributed by atoms with Crippen LogP contribution in [0.1, 0.15) is 22.6 Å². The molecule has 0 saturated carbocycles. The second-order valence-corrected chi connectivity index (χ2v) is 7.98. The summed E-state index contributed by atoms with van der Waals surface area (Å²) in [5.74, 6) is -0.354. The molecule has 0 radical (unpaired) electrons. The lowest BCUT2D eigenvalue weighted by molar-refractivity contribution is -0.118. The lowest BCUT2D eigenvalue weighted by Crippen LogP contribution is -2.37. The number of halogens is 1. The number of carbonyl (C=O) groups is 1. The van der Waals surface area contributed by atoms with Crippen molar-refractivity contribution in [1.82, 2.24) is 9.88 Å². The van der Waals surface area contributed by atoms with Gasteiger partial charge in [-0.25, -0.2) is 4.98 Å². The first kappa shape index (κ1) is 16.5. The zero-order valence-electron chi connectivity index (χ0n) is 14.0. The zero-order chi connectivity index (χ0) is 17.6. The fourth-order valence-electron chi connectivity index (χ4n) is 3.36. The maximum atomic E-state index is 12.9. The molecule has 2 heterocycles. The van der Waals surface area contributed by atoms with Crippen LogP contribution in [0.15, 0.2) is 36.4 Å². The predicted molar refractivity (Wildman–Crippen MR) is 104 cm³/mol. The fourth-order valence-corrected chi connectivity index (χ4v) is 4.65. The topological polar surface area (TPSA) is 45.2 Å². The van der Waals surface area contributed by atoms with Crippen LogP contribution in [0.4, 0.5) is 5.13 Å². The summed E-state index contributed by atoms with van der Waals surface area (Å²) >= 11 is 7.90. The van der Waals surface area contributed by atoms with Gasteiger partial charge in [0.15, 0.2) is 5.13 Å². The van der Waals surface area contributed by atoms with Gasteiger partial charge in [-0.15, -0.1) is 0 Å². The molecule has 25 heavy (non-hydrogen) atoms. The van der Waals surface area contributed by atoms with E-state index in [1.54, 1.807) is 0 Å². The number of anilines is 1. The van der Waals surface area contributed by atoms with Crippen LogP contribution in [-0.4, -0.2) is 29.4 Å². The molecule has 1 aliphatic heterocycles. The minimum absolute atomic E-state index is 0.0586. The number of aryl methyl sites for hydroxylation is 1. The molecule has 0 fully saturated rings. The van der Waals surface area contributed by atoms with Gasteiger partial charge in [0.05, 0.1) is 16.1 Å². The van der Waals surface area contributed by atoms with Gasteiger partial charge in [-0.2, -0.15) is 0 Å². The number of hydrogen-bond acceptors (Lipinski definition) is 4. The first-order valence-corrected chi connectivity index (χ1v) is 9.34. The van der Waals surface area contributed by atoms with E-state index in [2.05, 4.69) is 21.3 Å². The molecule has 0 bridgehead atoms. The number of likely N-dealkylation sites (N-methyl/N-ethyl adjacent to an activating group) is 1. The quantitative estimate of drug-likeness (QED) is 0.725. The van der Waals surface area contributed by atoms with Gasteiger partial charge in [0, 0.05) is 18.1 Å². The van der Waals surface area contributed by atoms with E-state index in [9.17, 15) is 4.79 Å². The lowest BCUT2D eigenvalue weighted by atomic mass is 9.89. The molecule has 1 amide bonds. The molecule has 0 saturated heterocycles. The molecule has 1 atom stereocenters. The Labute approximate surface area is 155 Å². The number of nitrogens with one attached hydrogen (secondary N) is 1. The second kappa shape index (κ2) is 6.41. The summed E-state index contributed by atoms with van der Waals surface area (Å²) in [5.41, 5.74) is 4.15. The van der Waals surface area contributed by atoms with Gasteiger partial charge in [0.25, 0.3) is 0 Å². The van der Waals surface area contributed by atoms with E-state index < -0.39 is 0 Å². The van der Waals surface area contributed by atoms with Crippen LogP contribution in [0.2, 0.25) is 5.02 Å². The van der Waals surface area contributed by atoms with E-state index in [-0.39, 0.29) is 11.8 Å². The van der Waals surface area contributed by atoms with Crippen molar-refractivity contribution >= 4 is 44.2 Å². The molecule has 0 spiro atoms. The summed E-state index contributed by atoms with van der Waals surface area (Å²) < 4.78 is 1.08. The summed E-state index contributed by atoms with van der Waals surface area (Å²) in [6.45, 7) is 3.50. The molecule has 1 N–H and O–H groups in total. The normalized spacial score (nSPS) is 17.5. The molecule has 6 heteroatoms. The van der Waals surface area contributed by atoms with Crippen LogP contribution in [0, 0.1) is 6.92 Å². The summed E-state index contributed by atoms with van der Waals surface area (Å²) in [4.78, 5) is 19.6. The molecule has 1 unspecified atom stereocenters. The van der Waals surface area contributed by atoms with E-state index in [4.69, 9.17) is 11.6 Å². The first-order valence-electron chi connectivity index (χ1n) is 8.15. The highest BCUT2D eigenvalue weighted by Crippen LogP contribution is 2.35. The van der Waals surface area contributed by atoms with Gasteiger partial charge in [-0.1, -0.05) is 41.1 Å². The Hall–Kier alpha value is -1.95. The smallest absolute Gasteiger partial charge is 0.235 e. The molecule has 1 aromatic heterocycles. The maximum absolute atomic E-state index is 12.9. The molecule has 4 nitrogen and oxygen atoms in total. The number of rotatable bonds is 2. The molecule has 1 aliphatic rings. The Kier molecular flexibility index (Phi) is 4.23. The summed E-state index contributed by atoms with van der Waals surface area (Å²) in [6, 6.07) is 11.9. The monoisotopic (exact) mass is 371 g/mol. The molecular formula is C19H18ClN3OS. The van der Waals surface area contributed by atoms with E-state index in [0.29, 0.717) is 16.7 Å². The molecule has 3 aromatic rings. The number of carbonyl (C=O) groups excluding carboxylic acids is 1. The maximum Gasteiger partial charge on any atom is 0.235 e. The first-order chi connectivity index (χ1) is 12.0. The highest BCUT2D eigenvalue weighted by molar-refractivity contribution is 7.22. The molecular weight excluding hydrogens is 354 g/mol. The van der Waals surface area contributed by atoms with Gasteiger partial charge < -0.3 is 10.2 Å². The Bertz CT molecular complexity index is 968. The largest absolute Gasteiger partial charge is 0.301 e. The average Bonchev–Trinajstić information content (AvgIpc) is 2.95. The van der Waals surface area contributed by atoms with Crippen LogP contribution in [0.25, 0.3) is 10.2 Å². The SMILES string of the molecule is Cc1ccc2nc(NC(=O)C3CN(C)Cc4cccc(Cl)c43)sc2c1. The van der Waals surface area contributed by atoms with Crippen molar-refractivity contribution in [3.05, 3.63) is 58.1 Å². The number of amides is 1. The molecule has 2 aromatic carbocycles. The fraction of sp³-hybridized carbons (Fsp3) is 0.263.